The van der Waals surface area contributed by atoms with Crippen LogP contribution in [0.25, 0.3) is 0 Å². The van der Waals surface area contributed by atoms with Crippen LogP contribution in [0.4, 0.5) is 0 Å². The van der Waals surface area contributed by atoms with Gasteiger partial charge >= 0.3 is 0 Å². The molecule has 6 heteroatoms. The molecule has 4 nitrogen and oxygen atoms in total. The van der Waals surface area contributed by atoms with Crippen LogP contribution in [0, 0.1) is 0 Å². The highest BCUT2D eigenvalue weighted by atomic mass is 35.5. The number of aryl methyl sites for hydroxylation is 1. The largest absolute Gasteiger partial charge is 0.279 e. The first-order chi connectivity index (χ1) is 9.60. The molecule has 0 radical (unpaired) electrons. The molecule has 0 atom stereocenters. The van der Waals surface area contributed by atoms with Crippen molar-refractivity contribution in [2.45, 2.75) is 13.3 Å². The predicted octanol–water partition coefficient (Wildman–Crippen LogP) is 3.04. The molecule has 0 bridgehead atoms. The number of benzene rings is 1. The Balaban J connectivity index is 1.92. The van der Waals surface area contributed by atoms with E-state index >= 15 is 0 Å². The standard InChI is InChI=1S/C14H13ClN2O2S/c1-2-9-3-5-10(6-4-9)13(18)16-17-14(19)11-7-8-12(15)20-11/h3-8H,2H2,1H3,(H,16,18)(H,17,19). The van der Waals surface area contributed by atoms with Crippen molar-refractivity contribution in [2.75, 3.05) is 0 Å². The van der Waals surface area contributed by atoms with E-state index in [2.05, 4.69) is 10.9 Å². The Hall–Kier alpha value is -1.85. The van der Waals surface area contributed by atoms with Gasteiger partial charge in [0.15, 0.2) is 0 Å². The van der Waals surface area contributed by atoms with Crippen LogP contribution in [-0.4, -0.2) is 11.8 Å². The Labute approximate surface area is 125 Å². The average Bonchev–Trinajstić information content (AvgIpc) is 2.91. The Kier molecular flexibility index (Phi) is 4.76. The molecule has 1 aromatic heterocycles. The number of nitrogens with one attached hydrogen (secondary N) is 2. The van der Waals surface area contributed by atoms with Crippen molar-refractivity contribution >= 4 is 34.8 Å². The van der Waals surface area contributed by atoms with Gasteiger partial charge in [-0.3, -0.25) is 20.4 Å². The van der Waals surface area contributed by atoms with Gasteiger partial charge in [0.05, 0.1) is 9.21 Å². The second-order valence-electron chi connectivity index (χ2n) is 4.06. The normalized spacial score (nSPS) is 10.1. The van der Waals surface area contributed by atoms with Crippen LogP contribution >= 0.6 is 22.9 Å². The van der Waals surface area contributed by atoms with Crippen LogP contribution in [0.15, 0.2) is 36.4 Å². The summed E-state index contributed by atoms with van der Waals surface area (Å²) < 4.78 is 0.525. The molecule has 2 N–H and O–H groups in total. The van der Waals surface area contributed by atoms with E-state index in [4.69, 9.17) is 11.6 Å². The summed E-state index contributed by atoms with van der Waals surface area (Å²) in [6.07, 6.45) is 0.914. The average molecular weight is 309 g/mol. The first-order valence-electron chi connectivity index (χ1n) is 6.05. The molecule has 0 aliphatic heterocycles. The van der Waals surface area contributed by atoms with Crippen LogP contribution in [0.3, 0.4) is 0 Å². The zero-order chi connectivity index (χ0) is 14.5. The molecule has 0 saturated heterocycles. The highest BCUT2D eigenvalue weighted by Gasteiger charge is 2.10. The van der Waals surface area contributed by atoms with Gasteiger partial charge in [-0.15, -0.1) is 11.3 Å². The monoisotopic (exact) mass is 308 g/mol. The molecule has 2 rings (SSSR count). The van der Waals surface area contributed by atoms with Gasteiger partial charge in [0, 0.05) is 5.56 Å². The lowest BCUT2D eigenvalue weighted by Crippen LogP contribution is -2.41. The summed E-state index contributed by atoms with van der Waals surface area (Å²) >= 11 is 6.89. The molecule has 2 aromatic rings. The second kappa shape index (κ2) is 6.54. The van der Waals surface area contributed by atoms with E-state index in [0.717, 1.165) is 23.3 Å². The topological polar surface area (TPSA) is 58.2 Å². The number of hydrogen-bond acceptors (Lipinski definition) is 3. The lowest BCUT2D eigenvalue weighted by molar-refractivity contribution is 0.0849. The fourth-order valence-electron chi connectivity index (χ4n) is 1.58. The van der Waals surface area contributed by atoms with Crippen molar-refractivity contribution in [3.63, 3.8) is 0 Å². The number of thiophene rings is 1. The molecule has 0 aliphatic carbocycles. The number of halogens is 1. The summed E-state index contributed by atoms with van der Waals surface area (Å²) in [5.41, 5.74) is 6.37. The lowest BCUT2D eigenvalue weighted by Gasteiger charge is -2.06. The van der Waals surface area contributed by atoms with Gasteiger partial charge in [-0.2, -0.15) is 0 Å². The van der Waals surface area contributed by atoms with Crippen molar-refractivity contribution < 1.29 is 9.59 Å². The van der Waals surface area contributed by atoms with Crippen LogP contribution in [0.2, 0.25) is 4.34 Å². The molecule has 20 heavy (non-hydrogen) atoms. The Bertz CT molecular complexity index is 622. The van der Waals surface area contributed by atoms with Crippen LogP contribution in [-0.2, 0) is 6.42 Å². The molecular weight excluding hydrogens is 296 g/mol. The number of hydrogen-bond donors (Lipinski definition) is 2. The molecule has 0 spiro atoms. The van der Waals surface area contributed by atoms with Gasteiger partial charge in [-0.25, -0.2) is 0 Å². The van der Waals surface area contributed by atoms with Crippen molar-refractivity contribution in [1.29, 1.82) is 0 Å². The maximum atomic E-state index is 11.8. The van der Waals surface area contributed by atoms with Gasteiger partial charge in [-0.05, 0) is 36.2 Å². The van der Waals surface area contributed by atoms with Gasteiger partial charge in [0.1, 0.15) is 0 Å². The minimum Gasteiger partial charge on any atom is -0.267 e. The van der Waals surface area contributed by atoms with Gasteiger partial charge in [-0.1, -0.05) is 30.7 Å². The minimum atomic E-state index is -0.388. The van der Waals surface area contributed by atoms with E-state index in [9.17, 15) is 9.59 Å². The molecule has 0 unspecified atom stereocenters. The molecule has 104 valence electrons. The second-order valence-corrected chi connectivity index (χ2v) is 5.78. The number of carbonyl (C=O) groups excluding carboxylic acids is 2. The summed E-state index contributed by atoms with van der Waals surface area (Å²) in [5, 5.41) is 0. The summed E-state index contributed by atoms with van der Waals surface area (Å²) in [6.45, 7) is 2.04. The lowest BCUT2D eigenvalue weighted by atomic mass is 10.1. The number of hydrazine groups is 1. The van der Waals surface area contributed by atoms with E-state index in [-0.39, 0.29) is 11.8 Å². The fraction of sp³-hybridized carbons (Fsp3) is 0.143. The third-order valence-electron chi connectivity index (χ3n) is 2.71. The third kappa shape index (κ3) is 3.59. The highest BCUT2D eigenvalue weighted by molar-refractivity contribution is 7.17. The van der Waals surface area contributed by atoms with Crippen LogP contribution in [0.1, 0.15) is 32.5 Å². The summed E-state index contributed by atoms with van der Waals surface area (Å²) in [6, 6.07) is 10.5. The van der Waals surface area contributed by atoms with Crippen molar-refractivity contribution in [3.8, 4) is 0 Å². The van der Waals surface area contributed by atoms with E-state index in [0.29, 0.717) is 14.8 Å². The SMILES string of the molecule is CCc1ccc(C(=O)NNC(=O)c2ccc(Cl)s2)cc1. The molecule has 1 heterocycles. The fourth-order valence-corrected chi connectivity index (χ4v) is 2.51. The Morgan fingerprint density at radius 3 is 2.25 bits per heavy atom. The van der Waals surface area contributed by atoms with E-state index in [1.807, 2.05) is 19.1 Å². The summed E-state index contributed by atoms with van der Waals surface area (Å²) in [4.78, 5) is 24.0. The zero-order valence-corrected chi connectivity index (χ0v) is 12.3. The van der Waals surface area contributed by atoms with E-state index in [1.165, 1.54) is 0 Å². The maximum absolute atomic E-state index is 11.8. The smallest absolute Gasteiger partial charge is 0.267 e. The van der Waals surface area contributed by atoms with Crippen molar-refractivity contribution in [3.05, 3.63) is 56.7 Å². The summed E-state index contributed by atoms with van der Waals surface area (Å²) in [5.74, 6) is -0.746. The van der Waals surface area contributed by atoms with Gasteiger partial charge in [0.2, 0.25) is 0 Å². The highest BCUT2D eigenvalue weighted by Crippen LogP contribution is 2.20. The van der Waals surface area contributed by atoms with E-state index < -0.39 is 0 Å². The quantitative estimate of drug-likeness (QED) is 0.856. The zero-order valence-electron chi connectivity index (χ0n) is 10.8. The predicted molar refractivity (Wildman–Crippen MR) is 80.1 cm³/mol. The number of amides is 2. The number of carbonyl (C=O) groups is 2. The van der Waals surface area contributed by atoms with Crippen LogP contribution in [0.5, 0.6) is 0 Å². The summed E-state index contributed by atoms with van der Waals surface area (Å²) in [7, 11) is 0. The van der Waals surface area contributed by atoms with Crippen molar-refractivity contribution in [2.24, 2.45) is 0 Å². The molecule has 0 saturated carbocycles. The van der Waals surface area contributed by atoms with E-state index in [1.54, 1.807) is 24.3 Å². The number of rotatable bonds is 3. The molecule has 1 aromatic carbocycles. The molecule has 0 fully saturated rings. The minimum absolute atomic E-state index is 0.358. The first-order valence-corrected chi connectivity index (χ1v) is 7.24. The maximum Gasteiger partial charge on any atom is 0.279 e. The molecule has 0 aliphatic rings. The van der Waals surface area contributed by atoms with Crippen molar-refractivity contribution in [1.82, 2.24) is 10.9 Å². The first kappa shape index (κ1) is 14.6. The van der Waals surface area contributed by atoms with Gasteiger partial charge < -0.3 is 0 Å². The third-order valence-corrected chi connectivity index (χ3v) is 3.94. The van der Waals surface area contributed by atoms with Crippen LogP contribution < -0.4 is 10.9 Å². The van der Waals surface area contributed by atoms with Gasteiger partial charge in [0.25, 0.3) is 11.8 Å². The Morgan fingerprint density at radius 1 is 1.05 bits per heavy atom. The molecule has 2 amide bonds. The Morgan fingerprint density at radius 2 is 1.70 bits per heavy atom. The molecular formula is C14H13ClN2O2S.